The first-order valence-electron chi connectivity index (χ1n) is 10.8. The normalized spacial score (nSPS) is 13.0. The van der Waals surface area contributed by atoms with Crippen LogP contribution in [0, 0.1) is 13.8 Å². The van der Waals surface area contributed by atoms with Crippen LogP contribution in [0.2, 0.25) is 0 Å². The summed E-state index contributed by atoms with van der Waals surface area (Å²) >= 11 is 0. The number of ketones is 1. The van der Waals surface area contributed by atoms with Crippen LogP contribution in [-0.2, 0) is 9.53 Å². The van der Waals surface area contributed by atoms with Crippen LogP contribution < -0.4 is 5.32 Å². The number of aliphatic carboxylic acids is 1. The number of amides is 1. The molecule has 0 saturated carbocycles. The summed E-state index contributed by atoms with van der Waals surface area (Å²) < 4.78 is 5.43. The first-order valence-corrected chi connectivity index (χ1v) is 10.8. The largest absolute Gasteiger partial charge is 0.480 e. The Labute approximate surface area is 192 Å². The molecule has 33 heavy (non-hydrogen) atoms. The minimum atomic E-state index is -1.38. The number of rotatable bonds is 7. The zero-order valence-corrected chi connectivity index (χ0v) is 18.5. The van der Waals surface area contributed by atoms with E-state index in [0.29, 0.717) is 5.56 Å². The molecule has 1 atom stereocenters. The van der Waals surface area contributed by atoms with Crippen molar-refractivity contribution in [1.82, 2.24) is 5.32 Å². The maximum absolute atomic E-state index is 12.7. The number of carboxylic acid groups (broad SMARTS) is 1. The molecule has 1 unspecified atom stereocenters. The number of benzene rings is 3. The van der Waals surface area contributed by atoms with E-state index in [4.69, 9.17) is 4.74 Å². The van der Waals surface area contributed by atoms with Crippen LogP contribution in [0.4, 0.5) is 4.79 Å². The Kier molecular flexibility index (Phi) is 6.27. The molecule has 1 aliphatic rings. The standard InChI is InChI=1S/C27H25NO5/c1-16-11-12-17(2)22(13-16)25(29)14-24(26(30)31)28-27(32)33-15-23-20-9-5-3-7-18(20)19-8-4-6-10-21(19)23/h3-13,23-24H,14-15H2,1-2H3,(H,28,32)(H,30,31). The van der Waals surface area contributed by atoms with Gasteiger partial charge in [0.1, 0.15) is 12.6 Å². The van der Waals surface area contributed by atoms with Gasteiger partial charge < -0.3 is 15.2 Å². The summed E-state index contributed by atoms with van der Waals surface area (Å²) in [6.45, 7) is 3.72. The Hall–Kier alpha value is -3.93. The molecule has 0 radical (unpaired) electrons. The Balaban J connectivity index is 1.43. The van der Waals surface area contributed by atoms with Crippen LogP contribution in [-0.4, -0.2) is 35.6 Å². The first kappa shape index (κ1) is 22.3. The molecule has 6 heteroatoms. The molecule has 0 saturated heterocycles. The maximum atomic E-state index is 12.7. The molecular formula is C27H25NO5. The molecule has 3 aromatic carbocycles. The number of carbonyl (C=O) groups is 3. The van der Waals surface area contributed by atoms with E-state index in [1.807, 2.05) is 67.6 Å². The number of fused-ring (bicyclic) bond motifs is 3. The topological polar surface area (TPSA) is 92.7 Å². The molecular weight excluding hydrogens is 418 g/mol. The first-order chi connectivity index (χ1) is 15.8. The third kappa shape index (κ3) is 4.65. The highest BCUT2D eigenvalue weighted by molar-refractivity contribution is 6.00. The number of hydrogen-bond acceptors (Lipinski definition) is 4. The quantitative estimate of drug-likeness (QED) is 0.509. The SMILES string of the molecule is Cc1ccc(C)c(C(=O)CC(NC(=O)OCC2c3ccccc3-c3ccccc32)C(=O)O)c1. The average Bonchev–Trinajstić information content (AvgIpc) is 3.12. The van der Waals surface area contributed by atoms with Crippen molar-refractivity contribution >= 4 is 17.8 Å². The fourth-order valence-corrected chi connectivity index (χ4v) is 4.31. The predicted octanol–water partition coefficient (Wildman–Crippen LogP) is 4.87. The molecule has 3 aromatic rings. The van der Waals surface area contributed by atoms with Gasteiger partial charge in [0.15, 0.2) is 5.78 Å². The second-order valence-electron chi connectivity index (χ2n) is 8.31. The molecule has 168 valence electrons. The smallest absolute Gasteiger partial charge is 0.407 e. The molecule has 6 nitrogen and oxygen atoms in total. The van der Waals surface area contributed by atoms with Crippen molar-refractivity contribution in [2.24, 2.45) is 0 Å². The molecule has 1 aliphatic carbocycles. The van der Waals surface area contributed by atoms with E-state index >= 15 is 0 Å². The van der Waals surface area contributed by atoms with E-state index in [9.17, 15) is 19.5 Å². The van der Waals surface area contributed by atoms with E-state index in [2.05, 4.69) is 5.32 Å². The van der Waals surface area contributed by atoms with Gasteiger partial charge in [-0.1, -0.05) is 66.2 Å². The monoisotopic (exact) mass is 443 g/mol. The van der Waals surface area contributed by atoms with Gasteiger partial charge in [-0.2, -0.15) is 0 Å². The number of nitrogens with one attached hydrogen (secondary N) is 1. The van der Waals surface area contributed by atoms with Crippen LogP contribution in [0.15, 0.2) is 66.7 Å². The van der Waals surface area contributed by atoms with E-state index in [0.717, 1.165) is 33.4 Å². The summed E-state index contributed by atoms with van der Waals surface area (Å²) in [6, 6.07) is 19.9. The molecule has 0 bridgehead atoms. The fraction of sp³-hybridized carbons (Fsp3) is 0.222. The van der Waals surface area contributed by atoms with Gasteiger partial charge in [0.25, 0.3) is 0 Å². The van der Waals surface area contributed by atoms with E-state index in [1.54, 1.807) is 13.0 Å². The molecule has 2 N–H and O–H groups in total. The van der Waals surface area contributed by atoms with Gasteiger partial charge in [-0.3, -0.25) is 4.79 Å². The molecule has 0 aliphatic heterocycles. The minimum absolute atomic E-state index is 0.0666. The predicted molar refractivity (Wildman–Crippen MR) is 124 cm³/mol. The molecule has 0 aromatic heterocycles. The summed E-state index contributed by atoms with van der Waals surface area (Å²) in [7, 11) is 0. The van der Waals surface area contributed by atoms with Gasteiger partial charge in [0.05, 0.1) is 0 Å². The fourth-order valence-electron chi connectivity index (χ4n) is 4.31. The highest BCUT2D eigenvalue weighted by atomic mass is 16.5. The van der Waals surface area contributed by atoms with Gasteiger partial charge in [-0.15, -0.1) is 0 Å². The van der Waals surface area contributed by atoms with Crippen molar-refractivity contribution in [2.75, 3.05) is 6.61 Å². The lowest BCUT2D eigenvalue weighted by atomic mass is 9.97. The van der Waals surface area contributed by atoms with E-state index in [-0.39, 0.29) is 24.7 Å². The number of alkyl carbamates (subject to hydrolysis) is 1. The number of carbonyl (C=O) groups excluding carboxylic acids is 2. The zero-order chi connectivity index (χ0) is 23.5. The van der Waals surface area contributed by atoms with Crippen molar-refractivity contribution in [1.29, 1.82) is 0 Å². The van der Waals surface area contributed by atoms with Crippen molar-refractivity contribution in [2.45, 2.75) is 32.2 Å². The van der Waals surface area contributed by atoms with Crippen LogP contribution in [0.25, 0.3) is 11.1 Å². The molecule has 0 fully saturated rings. The Morgan fingerprint density at radius 3 is 2.15 bits per heavy atom. The molecule has 1 amide bonds. The Morgan fingerprint density at radius 1 is 0.939 bits per heavy atom. The van der Waals surface area contributed by atoms with Crippen molar-refractivity contribution in [3.05, 3.63) is 94.5 Å². The van der Waals surface area contributed by atoms with Crippen molar-refractivity contribution < 1.29 is 24.2 Å². The highest BCUT2D eigenvalue weighted by Crippen LogP contribution is 2.44. The van der Waals surface area contributed by atoms with Gasteiger partial charge in [-0.05, 0) is 47.7 Å². The third-order valence-electron chi connectivity index (χ3n) is 6.02. The minimum Gasteiger partial charge on any atom is -0.480 e. The Morgan fingerprint density at radius 2 is 1.55 bits per heavy atom. The zero-order valence-electron chi connectivity index (χ0n) is 18.5. The lowest BCUT2D eigenvalue weighted by Gasteiger charge is -2.17. The second-order valence-corrected chi connectivity index (χ2v) is 8.31. The molecule has 4 rings (SSSR count). The van der Waals surface area contributed by atoms with Crippen LogP contribution in [0.5, 0.6) is 0 Å². The third-order valence-corrected chi connectivity index (χ3v) is 6.02. The highest BCUT2D eigenvalue weighted by Gasteiger charge is 2.30. The number of ether oxygens (including phenoxy) is 1. The number of carboxylic acids is 1. The van der Waals surface area contributed by atoms with Gasteiger partial charge in [-0.25, -0.2) is 9.59 Å². The summed E-state index contributed by atoms with van der Waals surface area (Å²) in [5, 5.41) is 11.9. The lowest BCUT2D eigenvalue weighted by Crippen LogP contribution is -2.42. The summed E-state index contributed by atoms with van der Waals surface area (Å²) in [5.41, 5.74) is 6.44. The van der Waals surface area contributed by atoms with Crippen molar-refractivity contribution in [3.63, 3.8) is 0 Å². The maximum Gasteiger partial charge on any atom is 0.407 e. The summed E-state index contributed by atoms with van der Waals surface area (Å²) in [5.74, 6) is -1.77. The van der Waals surface area contributed by atoms with E-state index < -0.39 is 18.1 Å². The summed E-state index contributed by atoms with van der Waals surface area (Å²) in [4.78, 5) is 36.9. The lowest BCUT2D eigenvalue weighted by molar-refractivity contribution is -0.139. The summed E-state index contributed by atoms with van der Waals surface area (Å²) in [6.07, 6.45) is -1.22. The average molecular weight is 443 g/mol. The van der Waals surface area contributed by atoms with Crippen LogP contribution >= 0.6 is 0 Å². The number of Topliss-reactive ketones (excluding diaryl/α,β-unsaturated/α-hetero) is 1. The number of hydrogen-bond donors (Lipinski definition) is 2. The van der Waals surface area contributed by atoms with Gasteiger partial charge in [0.2, 0.25) is 0 Å². The Bertz CT molecular complexity index is 1190. The number of aryl methyl sites for hydroxylation is 2. The van der Waals surface area contributed by atoms with Gasteiger partial charge >= 0.3 is 12.1 Å². The second kappa shape index (κ2) is 9.28. The van der Waals surface area contributed by atoms with Crippen molar-refractivity contribution in [3.8, 4) is 11.1 Å². The molecule has 0 spiro atoms. The molecule has 0 heterocycles. The van der Waals surface area contributed by atoms with E-state index in [1.165, 1.54) is 0 Å². The van der Waals surface area contributed by atoms with Gasteiger partial charge in [0, 0.05) is 17.9 Å². The van der Waals surface area contributed by atoms with Crippen LogP contribution in [0.3, 0.4) is 0 Å². The van der Waals surface area contributed by atoms with Crippen LogP contribution in [0.1, 0.15) is 45.0 Å².